The fourth-order valence-electron chi connectivity index (χ4n) is 3.35. The second-order valence-electron chi connectivity index (χ2n) is 6.85. The number of anilines is 1. The molecule has 1 heterocycles. The number of carbonyl (C=O) groups excluding carboxylic acids is 2. The Balaban J connectivity index is 1.87. The van der Waals surface area contributed by atoms with Crippen molar-refractivity contribution in [3.63, 3.8) is 0 Å². The van der Waals surface area contributed by atoms with Crippen LogP contribution >= 0.6 is 23.2 Å². The lowest BCUT2D eigenvalue weighted by Crippen LogP contribution is -2.25. The van der Waals surface area contributed by atoms with Crippen molar-refractivity contribution in [3.05, 3.63) is 111 Å². The Morgan fingerprint density at radius 3 is 2.35 bits per heavy atom. The number of halogens is 2. The number of rotatable bonds is 4. The van der Waals surface area contributed by atoms with Crippen molar-refractivity contribution in [2.24, 2.45) is 0 Å². The molecule has 0 saturated carbocycles. The third-order valence-electron chi connectivity index (χ3n) is 4.85. The van der Waals surface area contributed by atoms with Gasteiger partial charge in [0.25, 0.3) is 5.91 Å². The van der Waals surface area contributed by atoms with Crippen LogP contribution < -0.4 is 4.90 Å². The maximum atomic E-state index is 13.5. The van der Waals surface area contributed by atoms with Crippen molar-refractivity contribution < 1.29 is 14.3 Å². The Morgan fingerprint density at radius 2 is 1.68 bits per heavy atom. The molecule has 1 aliphatic rings. The van der Waals surface area contributed by atoms with Gasteiger partial charge >= 0.3 is 5.97 Å². The topological polar surface area (TPSA) is 46.6 Å². The number of esters is 1. The van der Waals surface area contributed by atoms with E-state index in [2.05, 4.69) is 0 Å². The van der Waals surface area contributed by atoms with E-state index in [0.717, 1.165) is 11.1 Å². The number of carbonyl (C=O) groups is 2. The average molecular weight is 450 g/mol. The van der Waals surface area contributed by atoms with Crippen LogP contribution in [0.3, 0.4) is 0 Å². The lowest BCUT2D eigenvalue weighted by atomic mass is 10.1. The van der Waals surface area contributed by atoms with Gasteiger partial charge in [0.1, 0.15) is 0 Å². The first-order chi connectivity index (χ1) is 15.0. The van der Waals surface area contributed by atoms with Gasteiger partial charge in [-0.2, -0.15) is 0 Å². The second-order valence-corrected chi connectivity index (χ2v) is 7.69. The van der Waals surface area contributed by atoms with Crippen LogP contribution in [0.1, 0.15) is 21.5 Å². The molecule has 0 bridgehead atoms. The highest BCUT2D eigenvalue weighted by Crippen LogP contribution is 2.39. The quantitative estimate of drug-likeness (QED) is 0.349. The highest BCUT2D eigenvalue weighted by molar-refractivity contribution is 6.36. The van der Waals surface area contributed by atoms with Crippen molar-refractivity contribution in [2.45, 2.75) is 0 Å². The van der Waals surface area contributed by atoms with E-state index in [1.807, 2.05) is 48.5 Å². The molecule has 0 atom stereocenters. The molecule has 0 saturated heterocycles. The molecule has 1 amide bonds. The molecule has 4 rings (SSSR count). The smallest absolute Gasteiger partial charge is 0.337 e. The molecule has 0 aromatic heterocycles. The van der Waals surface area contributed by atoms with Gasteiger partial charge in [-0.05, 0) is 53.6 Å². The van der Waals surface area contributed by atoms with Crippen LogP contribution in [-0.4, -0.2) is 19.0 Å². The Labute approximate surface area is 190 Å². The Hall–Kier alpha value is -3.34. The monoisotopic (exact) mass is 449 g/mol. The average Bonchev–Trinajstić information content (AvgIpc) is 3.10. The summed E-state index contributed by atoms with van der Waals surface area (Å²) in [6.45, 7) is 0. The first kappa shape index (κ1) is 20.9. The van der Waals surface area contributed by atoms with Gasteiger partial charge in [-0.15, -0.1) is 0 Å². The van der Waals surface area contributed by atoms with Gasteiger partial charge in [0.2, 0.25) is 0 Å². The summed E-state index contributed by atoms with van der Waals surface area (Å²) in [7, 11) is 1.30. The van der Waals surface area contributed by atoms with Crippen molar-refractivity contribution in [3.8, 4) is 0 Å². The van der Waals surface area contributed by atoms with E-state index < -0.39 is 5.97 Å². The molecule has 4 nitrogen and oxygen atoms in total. The molecule has 3 aromatic rings. The van der Waals surface area contributed by atoms with Crippen LogP contribution in [0.25, 0.3) is 11.8 Å². The fourth-order valence-corrected chi connectivity index (χ4v) is 3.67. The molecule has 6 heteroatoms. The maximum Gasteiger partial charge on any atom is 0.337 e. The number of hydrogen-bond donors (Lipinski definition) is 0. The third-order valence-corrected chi connectivity index (χ3v) is 5.42. The van der Waals surface area contributed by atoms with Gasteiger partial charge in [0, 0.05) is 10.6 Å². The summed E-state index contributed by atoms with van der Waals surface area (Å²) >= 11 is 12.5. The van der Waals surface area contributed by atoms with E-state index in [1.54, 1.807) is 36.4 Å². The number of benzene rings is 3. The van der Waals surface area contributed by atoms with Gasteiger partial charge in [-0.25, -0.2) is 4.79 Å². The largest absolute Gasteiger partial charge is 0.465 e. The van der Waals surface area contributed by atoms with E-state index in [0.29, 0.717) is 32.6 Å². The van der Waals surface area contributed by atoms with Crippen molar-refractivity contribution in [1.82, 2.24) is 0 Å². The fraction of sp³-hybridized carbons (Fsp3) is 0.0400. The molecule has 1 aliphatic heterocycles. The van der Waals surface area contributed by atoms with Crippen LogP contribution in [0.4, 0.5) is 5.69 Å². The first-order valence-electron chi connectivity index (χ1n) is 9.44. The highest BCUT2D eigenvalue weighted by atomic mass is 35.5. The van der Waals surface area contributed by atoms with E-state index in [4.69, 9.17) is 27.9 Å². The normalized spacial score (nSPS) is 14.7. The molecular weight excluding hydrogens is 433 g/mol. The zero-order valence-electron chi connectivity index (χ0n) is 16.5. The third kappa shape index (κ3) is 4.26. The second kappa shape index (κ2) is 8.80. The Kier molecular flexibility index (Phi) is 5.94. The predicted molar refractivity (Wildman–Crippen MR) is 124 cm³/mol. The number of hydrogen-bond acceptors (Lipinski definition) is 3. The molecule has 31 heavy (non-hydrogen) atoms. The van der Waals surface area contributed by atoms with E-state index in [-0.39, 0.29) is 5.91 Å². The summed E-state index contributed by atoms with van der Waals surface area (Å²) in [5.41, 5.74) is 3.50. The van der Waals surface area contributed by atoms with Crippen LogP contribution in [-0.2, 0) is 9.53 Å². The van der Waals surface area contributed by atoms with Crippen LogP contribution in [0, 0.1) is 0 Å². The van der Waals surface area contributed by atoms with Crippen LogP contribution in [0.15, 0.2) is 84.4 Å². The van der Waals surface area contributed by atoms with E-state index in [1.165, 1.54) is 12.0 Å². The SMILES string of the molecule is COC(=O)c1ccc(Cl)c(N2C(=O)/C(=C/c3ccccc3)C=C2c2ccc(Cl)cc2)c1. The molecule has 0 fully saturated rings. The molecule has 0 N–H and O–H groups in total. The molecule has 0 spiro atoms. The standard InChI is InChI=1S/C25H17Cl2NO3/c1-31-25(30)18-9-12-21(27)23(14-18)28-22(17-7-10-20(26)11-8-17)15-19(24(28)29)13-16-5-3-2-4-6-16/h2-15H,1H3/b19-13+. The summed E-state index contributed by atoms with van der Waals surface area (Å²) in [6.07, 6.45) is 3.62. The number of methoxy groups -OCH3 is 1. The van der Waals surface area contributed by atoms with Gasteiger partial charge in [-0.1, -0.05) is 65.7 Å². The van der Waals surface area contributed by atoms with Crippen molar-refractivity contribution in [2.75, 3.05) is 12.0 Å². The summed E-state index contributed by atoms with van der Waals surface area (Å²) in [5, 5.41) is 0.924. The summed E-state index contributed by atoms with van der Waals surface area (Å²) in [6, 6.07) is 21.4. The van der Waals surface area contributed by atoms with E-state index >= 15 is 0 Å². The zero-order chi connectivity index (χ0) is 22.0. The number of ether oxygens (including phenoxy) is 1. The van der Waals surface area contributed by atoms with Crippen molar-refractivity contribution in [1.29, 1.82) is 0 Å². The minimum atomic E-state index is -0.512. The predicted octanol–water partition coefficient (Wildman–Crippen LogP) is 6.25. The lowest BCUT2D eigenvalue weighted by molar-refractivity contribution is -0.113. The molecule has 3 aromatic carbocycles. The summed E-state index contributed by atoms with van der Waals surface area (Å²) in [5.74, 6) is -0.764. The molecule has 154 valence electrons. The van der Waals surface area contributed by atoms with Crippen LogP contribution in [0.5, 0.6) is 0 Å². The van der Waals surface area contributed by atoms with Gasteiger partial charge in [-0.3, -0.25) is 9.69 Å². The van der Waals surface area contributed by atoms with Gasteiger partial charge < -0.3 is 4.74 Å². The Bertz CT molecular complexity index is 1220. The van der Waals surface area contributed by atoms with E-state index in [9.17, 15) is 9.59 Å². The highest BCUT2D eigenvalue weighted by Gasteiger charge is 2.32. The molecule has 0 radical (unpaired) electrons. The lowest BCUT2D eigenvalue weighted by Gasteiger charge is -2.22. The molecule has 0 unspecified atom stereocenters. The zero-order valence-corrected chi connectivity index (χ0v) is 18.0. The summed E-state index contributed by atoms with van der Waals surface area (Å²) < 4.78 is 4.82. The Morgan fingerprint density at radius 1 is 0.968 bits per heavy atom. The van der Waals surface area contributed by atoms with Gasteiger partial charge in [0.05, 0.1) is 29.1 Å². The number of nitrogens with zero attached hydrogens (tertiary/aromatic N) is 1. The minimum Gasteiger partial charge on any atom is -0.465 e. The summed E-state index contributed by atoms with van der Waals surface area (Å²) in [4.78, 5) is 27.0. The van der Waals surface area contributed by atoms with Crippen LogP contribution in [0.2, 0.25) is 10.0 Å². The van der Waals surface area contributed by atoms with Crippen molar-refractivity contribution >= 4 is 52.5 Å². The molecular formula is C25H17Cl2NO3. The maximum absolute atomic E-state index is 13.5. The molecule has 0 aliphatic carbocycles. The number of amides is 1. The first-order valence-corrected chi connectivity index (χ1v) is 10.2. The van der Waals surface area contributed by atoms with Gasteiger partial charge in [0.15, 0.2) is 0 Å². The minimum absolute atomic E-state index is 0.252.